The Morgan fingerprint density at radius 1 is 0.667 bits per heavy atom. The van der Waals surface area contributed by atoms with E-state index in [2.05, 4.69) is 98.6 Å². The summed E-state index contributed by atoms with van der Waals surface area (Å²) in [5.74, 6) is -0.706. The molecule has 0 saturated heterocycles. The maximum absolute atomic E-state index is 12.2. The van der Waals surface area contributed by atoms with Gasteiger partial charge in [0.15, 0.2) is 0 Å². The number of anilines is 3. The van der Waals surface area contributed by atoms with Gasteiger partial charge in [-0.15, -0.1) is 0 Å². The molecule has 5 nitrogen and oxygen atoms in total. The van der Waals surface area contributed by atoms with E-state index in [1.807, 2.05) is 30.3 Å². The predicted octanol–water partition coefficient (Wildman–Crippen LogP) is 9.60. The fourth-order valence-electron chi connectivity index (χ4n) is 4.92. The molecule has 5 heteroatoms. The van der Waals surface area contributed by atoms with E-state index in [-0.39, 0.29) is 17.1 Å². The molecule has 0 amide bonds. The summed E-state index contributed by atoms with van der Waals surface area (Å²) in [6, 6.07) is 38.6. The molecular weight excluding hydrogens is 558 g/mol. The van der Waals surface area contributed by atoms with E-state index in [1.165, 1.54) is 28.3 Å². The first-order valence-corrected chi connectivity index (χ1v) is 14.7. The summed E-state index contributed by atoms with van der Waals surface area (Å²) in [7, 11) is 0. The third-order valence-corrected chi connectivity index (χ3v) is 7.48. The molecule has 0 bridgehead atoms. The normalized spacial score (nSPS) is 10.6. The largest absolute Gasteiger partial charge is 0.423 e. The van der Waals surface area contributed by atoms with Crippen molar-refractivity contribution >= 4 is 29.0 Å². The number of rotatable bonds is 10. The fourth-order valence-corrected chi connectivity index (χ4v) is 4.92. The monoisotopic (exact) mass is 593 g/mol. The molecule has 45 heavy (non-hydrogen) atoms. The number of nitrogens with zero attached hydrogens (tertiary/aromatic N) is 1. The predicted molar refractivity (Wildman–Crippen MR) is 182 cm³/mol. The van der Waals surface area contributed by atoms with Crippen molar-refractivity contribution in [2.24, 2.45) is 0 Å². The van der Waals surface area contributed by atoms with E-state index < -0.39 is 11.9 Å². The Balaban J connectivity index is 1.50. The van der Waals surface area contributed by atoms with E-state index >= 15 is 0 Å². The van der Waals surface area contributed by atoms with Crippen LogP contribution < -0.4 is 14.4 Å². The number of carbonyl (C=O) groups excluding carboxylic acids is 2. The second-order valence-corrected chi connectivity index (χ2v) is 11.0. The summed E-state index contributed by atoms with van der Waals surface area (Å²) in [5, 5.41) is 0. The van der Waals surface area contributed by atoms with Crippen LogP contribution in [0.25, 0.3) is 11.1 Å². The van der Waals surface area contributed by atoms with Gasteiger partial charge in [0.25, 0.3) is 0 Å². The number of ether oxygens (including phenoxy) is 2. The number of hydrogen-bond donors (Lipinski definition) is 0. The molecule has 0 heterocycles. The average Bonchev–Trinajstić information content (AvgIpc) is 3.04. The molecule has 5 aromatic rings. The van der Waals surface area contributed by atoms with Crippen molar-refractivity contribution in [2.75, 3.05) is 4.90 Å². The van der Waals surface area contributed by atoms with E-state index in [0.717, 1.165) is 35.1 Å². The highest BCUT2D eigenvalue weighted by molar-refractivity contribution is 5.89. The first-order chi connectivity index (χ1) is 21.7. The third kappa shape index (κ3) is 7.64. The Hall–Kier alpha value is -5.68. The van der Waals surface area contributed by atoms with Gasteiger partial charge in [-0.2, -0.15) is 0 Å². The zero-order valence-corrected chi connectivity index (χ0v) is 25.7. The van der Waals surface area contributed by atoms with Gasteiger partial charge < -0.3 is 14.4 Å². The van der Waals surface area contributed by atoms with E-state index in [1.54, 1.807) is 19.1 Å². The Labute approximate surface area is 264 Å². The Morgan fingerprint density at radius 2 is 1.24 bits per heavy atom. The molecule has 0 radical (unpaired) electrons. The molecule has 0 aromatic heterocycles. The summed E-state index contributed by atoms with van der Waals surface area (Å²) in [6.07, 6.45) is 1.95. The van der Waals surface area contributed by atoms with Crippen LogP contribution in [0.1, 0.15) is 29.2 Å². The maximum atomic E-state index is 12.2. The number of carbonyl (C=O) groups is 2. The van der Waals surface area contributed by atoms with Crippen LogP contribution in [0.2, 0.25) is 0 Å². The summed E-state index contributed by atoms with van der Waals surface area (Å²) in [5.41, 5.74) is 9.82. The van der Waals surface area contributed by atoms with Crippen molar-refractivity contribution in [1.29, 1.82) is 0 Å². The summed E-state index contributed by atoms with van der Waals surface area (Å²) < 4.78 is 10.9. The second kappa shape index (κ2) is 13.7. The van der Waals surface area contributed by atoms with Crippen LogP contribution in [-0.2, 0) is 16.0 Å². The van der Waals surface area contributed by atoms with Gasteiger partial charge in [0.05, 0.1) is 0 Å². The molecule has 0 atom stereocenters. The van der Waals surface area contributed by atoms with Gasteiger partial charge in [-0.25, -0.2) is 9.59 Å². The molecule has 0 aliphatic rings. The molecule has 0 N–H and O–H groups in total. The second-order valence-electron chi connectivity index (χ2n) is 11.0. The molecule has 224 valence electrons. The van der Waals surface area contributed by atoms with Gasteiger partial charge in [0.2, 0.25) is 0 Å². The summed E-state index contributed by atoms with van der Waals surface area (Å²) in [6.45, 7) is 12.9. The van der Waals surface area contributed by atoms with Crippen LogP contribution in [-0.4, -0.2) is 11.9 Å². The van der Waals surface area contributed by atoms with Gasteiger partial charge >= 0.3 is 11.9 Å². The van der Waals surface area contributed by atoms with Crippen LogP contribution in [0, 0.1) is 13.8 Å². The minimum absolute atomic E-state index is 0.235. The lowest BCUT2D eigenvalue weighted by molar-refractivity contribution is -0.130. The van der Waals surface area contributed by atoms with Crippen molar-refractivity contribution in [1.82, 2.24) is 0 Å². The lowest BCUT2D eigenvalue weighted by atomic mass is 10.0. The van der Waals surface area contributed by atoms with Crippen molar-refractivity contribution in [3.8, 4) is 22.6 Å². The molecule has 0 aliphatic carbocycles. The lowest BCUT2D eigenvalue weighted by Gasteiger charge is -2.26. The smallest absolute Gasteiger partial charge is 0.338 e. The maximum Gasteiger partial charge on any atom is 0.338 e. The van der Waals surface area contributed by atoms with Crippen LogP contribution in [0.5, 0.6) is 11.5 Å². The molecule has 5 rings (SSSR count). The van der Waals surface area contributed by atoms with Crippen molar-refractivity contribution in [2.45, 2.75) is 27.2 Å². The van der Waals surface area contributed by atoms with Gasteiger partial charge in [-0.1, -0.05) is 73.8 Å². The van der Waals surface area contributed by atoms with Crippen LogP contribution in [0.3, 0.4) is 0 Å². The first-order valence-electron chi connectivity index (χ1n) is 14.7. The van der Waals surface area contributed by atoms with E-state index in [4.69, 9.17) is 9.47 Å². The molecular formula is C40H35NO4. The minimum Gasteiger partial charge on any atom is -0.423 e. The van der Waals surface area contributed by atoms with Crippen LogP contribution in [0.15, 0.2) is 140 Å². The topological polar surface area (TPSA) is 55.8 Å². The van der Waals surface area contributed by atoms with Crippen LogP contribution >= 0.6 is 0 Å². The number of aryl methyl sites for hydroxylation is 2. The van der Waals surface area contributed by atoms with Crippen molar-refractivity contribution in [3.63, 3.8) is 0 Å². The molecule has 0 saturated carbocycles. The van der Waals surface area contributed by atoms with Gasteiger partial charge in [-0.05, 0) is 109 Å². The number of hydrogen-bond acceptors (Lipinski definition) is 5. The molecule has 5 aromatic carbocycles. The Morgan fingerprint density at radius 3 is 1.84 bits per heavy atom. The van der Waals surface area contributed by atoms with Gasteiger partial charge in [-0.3, -0.25) is 0 Å². The van der Waals surface area contributed by atoms with Crippen LogP contribution in [0.4, 0.5) is 17.1 Å². The highest BCUT2D eigenvalue weighted by Gasteiger charge is 2.16. The zero-order chi connectivity index (χ0) is 31.9. The minimum atomic E-state index is -0.613. The lowest BCUT2D eigenvalue weighted by Crippen LogP contribution is -2.10. The Bertz CT molecular complexity index is 1860. The standard InChI is InChI=1S/C40H35NO4/c1-6-39(42)44-37-24-33(25-38(26-37)45-40(43)27(2)3)32-15-20-35(21-16-32)41(36-17-12-28(4)29(5)22-36)34-18-13-31(14-19-34)23-30-10-8-7-9-11-30/h6-22,24-26H,1-2,23H2,3-5H3. The van der Waals surface area contributed by atoms with Gasteiger partial charge in [0.1, 0.15) is 11.5 Å². The summed E-state index contributed by atoms with van der Waals surface area (Å²) in [4.78, 5) is 26.4. The number of esters is 2. The fraction of sp³-hybridized carbons (Fsp3) is 0.100. The zero-order valence-electron chi connectivity index (χ0n) is 25.7. The highest BCUT2D eigenvalue weighted by atomic mass is 16.5. The highest BCUT2D eigenvalue weighted by Crippen LogP contribution is 2.38. The molecule has 0 spiro atoms. The molecule has 0 fully saturated rings. The number of benzene rings is 5. The SMILES string of the molecule is C=CC(=O)Oc1cc(OC(=O)C(=C)C)cc(-c2ccc(N(c3ccc(Cc4ccccc4)cc3)c3ccc(C)c(C)c3)cc2)c1. The van der Waals surface area contributed by atoms with E-state index in [9.17, 15) is 9.59 Å². The van der Waals surface area contributed by atoms with Crippen molar-refractivity contribution < 1.29 is 19.1 Å². The average molecular weight is 594 g/mol. The molecule has 0 unspecified atom stereocenters. The summed E-state index contributed by atoms with van der Waals surface area (Å²) >= 11 is 0. The van der Waals surface area contributed by atoms with Gasteiger partial charge in [0, 0.05) is 34.8 Å². The molecule has 0 aliphatic heterocycles. The Kier molecular flexibility index (Phi) is 9.40. The van der Waals surface area contributed by atoms with Crippen molar-refractivity contribution in [3.05, 3.63) is 162 Å². The first kappa shape index (κ1) is 30.8. The quantitative estimate of drug-likeness (QED) is 0.0917. The third-order valence-electron chi connectivity index (χ3n) is 7.48. The van der Waals surface area contributed by atoms with E-state index in [0.29, 0.717) is 5.56 Å².